The molecular weight excluding hydrogens is 344 g/mol. The van der Waals surface area contributed by atoms with E-state index in [2.05, 4.69) is 5.32 Å². The highest BCUT2D eigenvalue weighted by molar-refractivity contribution is 6.04. The number of hydrogen-bond donors (Lipinski definition) is 2. The van der Waals surface area contributed by atoms with Crippen LogP contribution in [0.1, 0.15) is 22.0 Å². The lowest BCUT2D eigenvalue weighted by atomic mass is 10.1. The molecule has 1 unspecified atom stereocenters. The average molecular weight is 362 g/mol. The molecule has 0 bridgehead atoms. The third-order valence-electron chi connectivity index (χ3n) is 4.15. The first kappa shape index (κ1) is 18.1. The van der Waals surface area contributed by atoms with Crippen LogP contribution in [0.25, 0.3) is 0 Å². The first-order valence-corrected chi connectivity index (χ1v) is 8.40. The van der Waals surface area contributed by atoms with Crippen LogP contribution in [0.4, 0.5) is 5.69 Å². The molecular formula is C21H18N2O4. The molecule has 6 nitrogen and oxygen atoms in total. The Bertz CT molecular complexity index is 997. The highest BCUT2D eigenvalue weighted by atomic mass is 16.4. The van der Waals surface area contributed by atoms with Gasteiger partial charge in [0.15, 0.2) is 0 Å². The van der Waals surface area contributed by atoms with E-state index in [0.717, 1.165) is 10.1 Å². The largest absolute Gasteiger partial charge is 0.480 e. The summed E-state index contributed by atoms with van der Waals surface area (Å²) in [4.78, 5) is 36.8. The molecule has 6 heteroatoms. The Morgan fingerprint density at radius 3 is 2.19 bits per heavy atom. The van der Waals surface area contributed by atoms with Crippen LogP contribution in [-0.2, 0) is 11.2 Å². The lowest BCUT2D eigenvalue weighted by Gasteiger charge is -2.17. The molecule has 1 aromatic heterocycles. The number of amides is 1. The molecule has 0 fully saturated rings. The Balaban J connectivity index is 1.89. The normalized spacial score (nSPS) is 11.6. The fourth-order valence-corrected chi connectivity index (χ4v) is 2.78. The molecule has 2 aromatic carbocycles. The van der Waals surface area contributed by atoms with Gasteiger partial charge in [0, 0.05) is 18.2 Å². The van der Waals surface area contributed by atoms with E-state index in [4.69, 9.17) is 0 Å². The number of anilines is 1. The summed E-state index contributed by atoms with van der Waals surface area (Å²) in [6.07, 6.45) is 1.58. The summed E-state index contributed by atoms with van der Waals surface area (Å²) in [5.74, 6) is -1.55. The quantitative estimate of drug-likeness (QED) is 0.706. The van der Waals surface area contributed by atoms with Crippen molar-refractivity contribution in [3.63, 3.8) is 0 Å². The molecule has 0 saturated carbocycles. The lowest BCUT2D eigenvalue weighted by molar-refractivity contribution is -0.141. The SMILES string of the molecule is O=C(Nc1cccn(C(Cc2ccccc2)C(=O)O)c1=O)c1ccccc1. The van der Waals surface area contributed by atoms with Crippen LogP contribution in [0, 0.1) is 0 Å². The van der Waals surface area contributed by atoms with E-state index in [9.17, 15) is 19.5 Å². The minimum Gasteiger partial charge on any atom is -0.480 e. The average Bonchev–Trinajstić information content (AvgIpc) is 2.69. The van der Waals surface area contributed by atoms with Gasteiger partial charge in [-0.25, -0.2) is 4.79 Å². The van der Waals surface area contributed by atoms with Gasteiger partial charge in [-0.15, -0.1) is 0 Å². The van der Waals surface area contributed by atoms with Crippen molar-refractivity contribution in [1.29, 1.82) is 0 Å². The zero-order valence-corrected chi connectivity index (χ0v) is 14.4. The van der Waals surface area contributed by atoms with Gasteiger partial charge in [0.1, 0.15) is 11.7 Å². The number of nitrogens with one attached hydrogen (secondary N) is 1. The zero-order chi connectivity index (χ0) is 19.2. The predicted octanol–water partition coefficient (Wildman–Crippen LogP) is 2.97. The summed E-state index contributed by atoms with van der Waals surface area (Å²) in [5.41, 5.74) is 0.678. The topological polar surface area (TPSA) is 88.4 Å². The second-order valence-electron chi connectivity index (χ2n) is 6.00. The minimum atomic E-state index is -1.12. The van der Waals surface area contributed by atoms with Crippen LogP contribution >= 0.6 is 0 Å². The fraction of sp³-hybridized carbons (Fsp3) is 0.0952. The van der Waals surface area contributed by atoms with Gasteiger partial charge in [0.25, 0.3) is 11.5 Å². The molecule has 0 saturated heterocycles. The molecule has 2 N–H and O–H groups in total. The van der Waals surface area contributed by atoms with Crippen LogP contribution in [0.5, 0.6) is 0 Å². The standard InChI is InChI=1S/C21H18N2O4/c24-19(16-10-5-2-6-11-16)22-17-12-7-13-23(20(17)25)18(21(26)27)14-15-8-3-1-4-9-15/h1-13,18H,14H2,(H,22,24)(H,26,27). The second-order valence-corrected chi connectivity index (χ2v) is 6.00. The van der Waals surface area contributed by atoms with Gasteiger partial charge < -0.3 is 10.4 Å². The summed E-state index contributed by atoms with van der Waals surface area (Å²) in [7, 11) is 0. The monoisotopic (exact) mass is 362 g/mol. The number of carboxylic acids is 1. The third kappa shape index (κ3) is 4.30. The maximum absolute atomic E-state index is 12.8. The summed E-state index contributed by atoms with van der Waals surface area (Å²) in [5, 5.41) is 12.2. The maximum atomic E-state index is 12.8. The van der Waals surface area contributed by atoms with Crippen molar-refractivity contribution < 1.29 is 14.7 Å². The number of aliphatic carboxylic acids is 1. The molecule has 136 valence electrons. The number of hydrogen-bond acceptors (Lipinski definition) is 3. The lowest BCUT2D eigenvalue weighted by Crippen LogP contribution is -2.33. The number of nitrogens with zero attached hydrogens (tertiary/aromatic N) is 1. The van der Waals surface area contributed by atoms with E-state index >= 15 is 0 Å². The van der Waals surface area contributed by atoms with Gasteiger partial charge >= 0.3 is 5.97 Å². The summed E-state index contributed by atoms with van der Waals surface area (Å²) < 4.78 is 1.13. The third-order valence-corrected chi connectivity index (χ3v) is 4.15. The molecule has 0 aliphatic rings. The number of aromatic nitrogens is 1. The van der Waals surface area contributed by atoms with E-state index < -0.39 is 23.5 Å². The molecule has 1 atom stereocenters. The molecule has 1 amide bonds. The summed E-state index contributed by atoms with van der Waals surface area (Å²) >= 11 is 0. The van der Waals surface area contributed by atoms with Gasteiger partial charge in [-0.05, 0) is 29.8 Å². The van der Waals surface area contributed by atoms with Gasteiger partial charge in [-0.3, -0.25) is 14.2 Å². The smallest absolute Gasteiger partial charge is 0.327 e. The highest BCUT2D eigenvalue weighted by Gasteiger charge is 2.22. The van der Waals surface area contributed by atoms with Crippen LogP contribution in [0.2, 0.25) is 0 Å². The van der Waals surface area contributed by atoms with Gasteiger partial charge in [0.2, 0.25) is 0 Å². The first-order chi connectivity index (χ1) is 13.1. The Hall–Kier alpha value is -3.67. The van der Waals surface area contributed by atoms with Crippen LogP contribution in [-0.4, -0.2) is 21.6 Å². The second kappa shape index (κ2) is 8.14. The van der Waals surface area contributed by atoms with E-state index in [1.165, 1.54) is 12.3 Å². The molecule has 0 radical (unpaired) electrons. The van der Waals surface area contributed by atoms with E-state index in [1.54, 1.807) is 36.4 Å². The van der Waals surface area contributed by atoms with Crippen molar-refractivity contribution in [2.75, 3.05) is 5.32 Å². The van der Waals surface area contributed by atoms with Crippen molar-refractivity contribution in [2.45, 2.75) is 12.5 Å². The Morgan fingerprint density at radius 1 is 0.926 bits per heavy atom. The number of benzene rings is 2. The molecule has 0 spiro atoms. The Labute approximate surface area is 155 Å². The number of carboxylic acid groups (broad SMARTS) is 1. The molecule has 3 rings (SSSR count). The Kier molecular flexibility index (Phi) is 5.47. The maximum Gasteiger partial charge on any atom is 0.327 e. The van der Waals surface area contributed by atoms with E-state index in [0.29, 0.717) is 5.56 Å². The first-order valence-electron chi connectivity index (χ1n) is 8.40. The molecule has 3 aromatic rings. The van der Waals surface area contributed by atoms with Crippen molar-refractivity contribution >= 4 is 17.6 Å². The van der Waals surface area contributed by atoms with Gasteiger partial charge in [0.05, 0.1) is 0 Å². The predicted molar refractivity (Wildman–Crippen MR) is 102 cm³/mol. The van der Waals surface area contributed by atoms with Crippen LogP contribution < -0.4 is 10.9 Å². The highest BCUT2D eigenvalue weighted by Crippen LogP contribution is 2.15. The van der Waals surface area contributed by atoms with Crippen molar-refractivity contribution in [3.8, 4) is 0 Å². The number of pyridine rings is 1. The molecule has 0 aliphatic heterocycles. The van der Waals surface area contributed by atoms with Crippen LogP contribution in [0.15, 0.2) is 83.8 Å². The van der Waals surface area contributed by atoms with Crippen molar-refractivity contribution in [2.24, 2.45) is 0 Å². The Morgan fingerprint density at radius 2 is 1.56 bits per heavy atom. The van der Waals surface area contributed by atoms with Crippen LogP contribution in [0.3, 0.4) is 0 Å². The number of carbonyl (C=O) groups is 2. The summed E-state index contributed by atoms with van der Waals surface area (Å²) in [6, 6.07) is 19.5. The zero-order valence-electron chi connectivity index (χ0n) is 14.4. The molecule has 27 heavy (non-hydrogen) atoms. The molecule has 1 heterocycles. The van der Waals surface area contributed by atoms with Crippen molar-refractivity contribution in [3.05, 3.63) is 100 Å². The molecule has 0 aliphatic carbocycles. The van der Waals surface area contributed by atoms with E-state index in [-0.39, 0.29) is 12.1 Å². The minimum absolute atomic E-state index is 0.0330. The number of carbonyl (C=O) groups excluding carboxylic acids is 1. The van der Waals surface area contributed by atoms with Crippen molar-refractivity contribution in [1.82, 2.24) is 4.57 Å². The van der Waals surface area contributed by atoms with Gasteiger partial charge in [-0.1, -0.05) is 48.5 Å². The van der Waals surface area contributed by atoms with Gasteiger partial charge in [-0.2, -0.15) is 0 Å². The van der Waals surface area contributed by atoms with E-state index in [1.807, 2.05) is 30.3 Å². The summed E-state index contributed by atoms with van der Waals surface area (Å²) in [6.45, 7) is 0. The fourth-order valence-electron chi connectivity index (χ4n) is 2.78. The number of rotatable bonds is 6.